The fraction of sp³-hybridized carbons (Fsp3) is 0.348. The molecule has 1 heterocycles. The van der Waals surface area contributed by atoms with Gasteiger partial charge in [0.1, 0.15) is 11.4 Å². The van der Waals surface area contributed by atoms with E-state index in [0.29, 0.717) is 22.2 Å². The Morgan fingerprint density at radius 1 is 1.29 bits per heavy atom. The minimum atomic E-state index is -1.27. The monoisotopic (exact) mass is 487 g/mol. The lowest BCUT2D eigenvalue weighted by molar-refractivity contribution is -0.132. The summed E-state index contributed by atoms with van der Waals surface area (Å²) in [7, 11) is 2.79. The van der Waals surface area contributed by atoms with Gasteiger partial charge in [0, 0.05) is 18.8 Å². The van der Waals surface area contributed by atoms with Crippen LogP contribution in [0.3, 0.4) is 0 Å². The molecule has 0 spiro atoms. The van der Waals surface area contributed by atoms with Gasteiger partial charge >= 0.3 is 17.7 Å². The maximum absolute atomic E-state index is 14.5. The molecule has 12 heteroatoms. The normalized spacial score (nSPS) is 14.4. The lowest BCUT2D eigenvalue weighted by atomic mass is 10.1. The van der Waals surface area contributed by atoms with Gasteiger partial charge in [-0.3, -0.25) is 4.90 Å². The van der Waals surface area contributed by atoms with Crippen LogP contribution in [0.1, 0.15) is 25.7 Å². The first-order valence-corrected chi connectivity index (χ1v) is 10.8. The van der Waals surface area contributed by atoms with Crippen LogP contribution in [0, 0.1) is 5.82 Å². The molecule has 35 heavy (non-hydrogen) atoms. The molecule has 3 rings (SSSR count). The van der Waals surface area contributed by atoms with Crippen LogP contribution < -0.4 is 10.4 Å². The quantitative estimate of drug-likeness (QED) is 0.325. The van der Waals surface area contributed by atoms with E-state index in [9.17, 15) is 23.9 Å². The Balaban J connectivity index is 2.11. The van der Waals surface area contributed by atoms with E-state index in [1.54, 1.807) is 6.08 Å². The highest BCUT2D eigenvalue weighted by molar-refractivity contribution is 5.89. The molecule has 186 valence electrons. The Labute approximate surface area is 200 Å². The second-order valence-electron chi connectivity index (χ2n) is 7.72. The molecular weight excluding hydrogens is 461 g/mol. The molecule has 0 aliphatic heterocycles. The predicted octanol–water partition coefficient (Wildman–Crippen LogP) is 2.52. The Hall–Kier alpha value is -4.06. The number of aromatic nitrogens is 4. The van der Waals surface area contributed by atoms with E-state index in [1.165, 1.54) is 43.4 Å². The first-order valence-electron chi connectivity index (χ1n) is 10.8. The summed E-state index contributed by atoms with van der Waals surface area (Å²) in [6.07, 6.45) is 7.30. The van der Waals surface area contributed by atoms with Gasteiger partial charge < -0.3 is 14.6 Å². The van der Waals surface area contributed by atoms with Gasteiger partial charge in [-0.1, -0.05) is 31.6 Å². The molecule has 1 aromatic carbocycles. The summed E-state index contributed by atoms with van der Waals surface area (Å²) in [5, 5.41) is 16.7. The van der Waals surface area contributed by atoms with Crippen molar-refractivity contribution in [2.75, 3.05) is 20.8 Å². The van der Waals surface area contributed by atoms with Gasteiger partial charge in [0.25, 0.3) is 0 Å². The predicted molar refractivity (Wildman–Crippen MR) is 123 cm³/mol. The molecule has 1 amide bonds. The van der Waals surface area contributed by atoms with Crippen LogP contribution in [0.4, 0.5) is 9.18 Å². The van der Waals surface area contributed by atoms with E-state index >= 15 is 0 Å². The minimum absolute atomic E-state index is 0.0279. The van der Waals surface area contributed by atoms with Crippen LogP contribution in [0.5, 0.6) is 5.75 Å². The number of allylic oxidation sites excluding steroid dienone is 1. The molecule has 1 aromatic heterocycles. The second kappa shape index (κ2) is 11.4. The standard InChI is InChI=1S/C23H26FN5O6/c1-15(21(30)31)14-17(10-7-13-34-2)27(16-8-4-5-9-16)22(32)29-23(33)28(25-26-29)20-18(24)11-6-12-19(20)35-3/h6-7,10-12,14,16H,1,4-5,8-9,13H2,2-3H3,(H,30,31)/b10-7-,17-14+. The Kier molecular flexibility index (Phi) is 8.31. The zero-order chi connectivity index (χ0) is 25.5. The number of rotatable bonds is 9. The van der Waals surface area contributed by atoms with Crippen LogP contribution in [0.15, 0.2) is 59.1 Å². The summed E-state index contributed by atoms with van der Waals surface area (Å²) in [6.45, 7) is 3.72. The van der Waals surface area contributed by atoms with Crippen LogP contribution in [-0.4, -0.2) is 68.7 Å². The number of hydrogen-bond acceptors (Lipinski definition) is 7. The number of carbonyl (C=O) groups is 2. The minimum Gasteiger partial charge on any atom is -0.494 e. The SMILES string of the molecule is C=C(/C=C(\C=C/COC)N(C(=O)n1nnn(-c2c(F)cccc2OC)c1=O)C1CCCC1)C(=O)O. The zero-order valence-electron chi connectivity index (χ0n) is 19.4. The lowest BCUT2D eigenvalue weighted by Crippen LogP contribution is -2.44. The number of para-hydroxylation sites is 1. The molecule has 1 N–H and O–H groups in total. The number of benzene rings is 1. The van der Waals surface area contributed by atoms with Crippen LogP contribution >= 0.6 is 0 Å². The number of aliphatic carboxylic acids is 1. The average Bonchev–Trinajstić information content (AvgIpc) is 3.49. The first-order chi connectivity index (χ1) is 16.8. The summed E-state index contributed by atoms with van der Waals surface area (Å²) >= 11 is 0. The van der Waals surface area contributed by atoms with Crippen molar-refractivity contribution in [2.24, 2.45) is 0 Å². The topological polar surface area (TPSA) is 129 Å². The van der Waals surface area contributed by atoms with Crippen molar-refractivity contribution < 1.29 is 28.6 Å². The number of amides is 1. The largest absolute Gasteiger partial charge is 0.494 e. The number of tetrazole rings is 1. The van der Waals surface area contributed by atoms with E-state index in [2.05, 4.69) is 17.0 Å². The molecule has 2 aromatic rings. The third kappa shape index (κ3) is 5.54. The fourth-order valence-corrected chi connectivity index (χ4v) is 3.82. The second-order valence-corrected chi connectivity index (χ2v) is 7.72. The summed E-state index contributed by atoms with van der Waals surface area (Å²) in [6, 6.07) is 2.76. The molecule has 1 saturated carbocycles. The van der Waals surface area contributed by atoms with Gasteiger partial charge in [0.15, 0.2) is 5.82 Å². The van der Waals surface area contributed by atoms with E-state index in [1.807, 2.05) is 0 Å². The number of methoxy groups -OCH3 is 2. The van der Waals surface area contributed by atoms with Crippen molar-refractivity contribution in [2.45, 2.75) is 31.7 Å². The highest BCUT2D eigenvalue weighted by Crippen LogP contribution is 2.28. The van der Waals surface area contributed by atoms with Crippen molar-refractivity contribution in [3.8, 4) is 11.4 Å². The van der Waals surface area contributed by atoms with Crippen LogP contribution in [0.25, 0.3) is 5.69 Å². The molecule has 0 atom stereocenters. The number of hydrogen-bond donors (Lipinski definition) is 1. The summed E-state index contributed by atoms with van der Waals surface area (Å²) in [5.74, 6) is -2.03. The highest BCUT2D eigenvalue weighted by Gasteiger charge is 2.33. The summed E-state index contributed by atoms with van der Waals surface area (Å²) in [4.78, 5) is 39.5. The van der Waals surface area contributed by atoms with Crippen LogP contribution in [-0.2, 0) is 9.53 Å². The van der Waals surface area contributed by atoms with E-state index in [4.69, 9.17) is 9.47 Å². The molecule has 0 saturated heterocycles. The number of nitrogens with zero attached hydrogens (tertiary/aromatic N) is 5. The van der Waals surface area contributed by atoms with Crippen LogP contribution in [0.2, 0.25) is 0 Å². The summed E-state index contributed by atoms with van der Waals surface area (Å²) < 4.78 is 25.8. The fourth-order valence-electron chi connectivity index (χ4n) is 3.82. The maximum atomic E-state index is 14.5. The zero-order valence-corrected chi connectivity index (χ0v) is 19.4. The Morgan fingerprint density at radius 3 is 2.63 bits per heavy atom. The average molecular weight is 487 g/mol. The highest BCUT2D eigenvalue weighted by atomic mass is 19.1. The molecule has 0 unspecified atom stereocenters. The third-order valence-corrected chi connectivity index (χ3v) is 5.47. The van der Waals surface area contributed by atoms with E-state index in [-0.39, 0.29) is 35.4 Å². The van der Waals surface area contributed by atoms with Crippen molar-refractivity contribution in [1.29, 1.82) is 0 Å². The molecule has 1 aliphatic rings. The number of ether oxygens (including phenoxy) is 2. The number of halogens is 1. The first kappa shape index (κ1) is 25.6. The Morgan fingerprint density at radius 2 is 2.00 bits per heavy atom. The third-order valence-electron chi connectivity index (χ3n) is 5.47. The molecule has 1 aliphatic carbocycles. The van der Waals surface area contributed by atoms with Crippen molar-refractivity contribution >= 4 is 12.0 Å². The smallest absolute Gasteiger partial charge is 0.377 e. The van der Waals surface area contributed by atoms with Crippen molar-refractivity contribution in [1.82, 2.24) is 24.7 Å². The van der Waals surface area contributed by atoms with Gasteiger partial charge in [-0.25, -0.2) is 18.8 Å². The molecule has 11 nitrogen and oxygen atoms in total. The van der Waals surface area contributed by atoms with Crippen molar-refractivity contribution in [3.63, 3.8) is 0 Å². The van der Waals surface area contributed by atoms with E-state index < -0.39 is 23.5 Å². The van der Waals surface area contributed by atoms with E-state index in [0.717, 1.165) is 18.9 Å². The Bertz CT molecular complexity index is 1230. The van der Waals surface area contributed by atoms with Gasteiger partial charge in [0.2, 0.25) is 0 Å². The van der Waals surface area contributed by atoms with Crippen molar-refractivity contribution in [3.05, 3.63) is 70.6 Å². The maximum Gasteiger partial charge on any atom is 0.377 e. The number of carboxylic acids is 1. The van der Waals surface area contributed by atoms with Gasteiger partial charge in [-0.2, -0.15) is 4.68 Å². The molecule has 0 radical (unpaired) electrons. The lowest BCUT2D eigenvalue weighted by Gasteiger charge is -2.29. The van der Waals surface area contributed by atoms with Gasteiger partial charge in [-0.15, -0.1) is 4.68 Å². The summed E-state index contributed by atoms with van der Waals surface area (Å²) in [5.41, 5.74) is -1.37. The molecule has 0 bridgehead atoms. The molecular formula is C23H26FN5O6. The molecule has 1 fully saturated rings. The number of carbonyl (C=O) groups excluding carboxylic acids is 1. The van der Waals surface area contributed by atoms with Gasteiger partial charge in [0.05, 0.1) is 19.3 Å². The number of carboxylic acid groups (broad SMARTS) is 1. The van der Waals surface area contributed by atoms with Gasteiger partial charge in [-0.05, 0) is 47.6 Å².